The summed E-state index contributed by atoms with van der Waals surface area (Å²) >= 11 is 0. The SMILES string of the molecule is C=C(OC)OCCCCCCCCCCCOc1ccc(C(=O)OC)cc1. The second-order valence-electron chi connectivity index (χ2n) is 6.47. The van der Waals surface area contributed by atoms with Gasteiger partial charge in [-0.15, -0.1) is 0 Å². The quantitative estimate of drug-likeness (QED) is 0.216. The van der Waals surface area contributed by atoms with Crippen LogP contribution in [-0.4, -0.2) is 33.4 Å². The summed E-state index contributed by atoms with van der Waals surface area (Å²) in [6.07, 6.45) is 10.9. The molecule has 0 unspecified atom stereocenters. The van der Waals surface area contributed by atoms with Crippen molar-refractivity contribution in [3.05, 3.63) is 42.4 Å². The predicted molar refractivity (Wildman–Crippen MR) is 107 cm³/mol. The first-order valence-corrected chi connectivity index (χ1v) is 9.84. The minimum atomic E-state index is -0.327. The van der Waals surface area contributed by atoms with Crippen molar-refractivity contribution in [3.63, 3.8) is 0 Å². The number of methoxy groups -OCH3 is 2. The predicted octanol–water partition coefficient (Wildman–Crippen LogP) is 5.50. The fraction of sp³-hybridized carbons (Fsp3) is 0.591. The van der Waals surface area contributed by atoms with Crippen molar-refractivity contribution in [1.29, 1.82) is 0 Å². The molecule has 1 aromatic rings. The molecule has 0 aliphatic heterocycles. The standard InChI is InChI=1S/C22H34O5/c1-19(24-2)26-17-11-9-7-5-4-6-8-10-12-18-27-21-15-13-20(14-16-21)22(23)25-3/h13-16H,1,4-12,17-18H2,2-3H3. The van der Waals surface area contributed by atoms with Crippen LogP contribution in [0.4, 0.5) is 0 Å². The number of carbonyl (C=O) groups is 1. The smallest absolute Gasteiger partial charge is 0.337 e. The maximum Gasteiger partial charge on any atom is 0.337 e. The first kappa shape index (κ1) is 22.9. The molecular weight excluding hydrogens is 344 g/mol. The molecule has 1 rings (SSSR count). The van der Waals surface area contributed by atoms with Gasteiger partial charge >= 0.3 is 5.97 Å². The van der Waals surface area contributed by atoms with E-state index in [4.69, 9.17) is 14.2 Å². The highest BCUT2D eigenvalue weighted by Crippen LogP contribution is 2.14. The summed E-state index contributed by atoms with van der Waals surface area (Å²) in [7, 11) is 2.95. The number of esters is 1. The molecule has 0 atom stereocenters. The van der Waals surface area contributed by atoms with E-state index in [1.54, 1.807) is 19.2 Å². The van der Waals surface area contributed by atoms with Crippen LogP contribution in [0.15, 0.2) is 36.8 Å². The van der Waals surface area contributed by atoms with Gasteiger partial charge in [0, 0.05) is 0 Å². The van der Waals surface area contributed by atoms with Gasteiger partial charge in [0.25, 0.3) is 5.95 Å². The first-order chi connectivity index (χ1) is 13.2. The van der Waals surface area contributed by atoms with Gasteiger partial charge in [-0.3, -0.25) is 0 Å². The summed E-state index contributed by atoms with van der Waals surface area (Å²) in [5.41, 5.74) is 0.540. The van der Waals surface area contributed by atoms with E-state index in [1.165, 1.54) is 52.1 Å². The number of carbonyl (C=O) groups excluding carboxylic acids is 1. The fourth-order valence-electron chi connectivity index (χ4n) is 2.68. The molecule has 0 saturated heterocycles. The fourth-order valence-corrected chi connectivity index (χ4v) is 2.68. The van der Waals surface area contributed by atoms with Crippen LogP contribution < -0.4 is 4.74 Å². The molecule has 27 heavy (non-hydrogen) atoms. The summed E-state index contributed by atoms with van der Waals surface area (Å²) in [6, 6.07) is 7.06. The lowest BCUT2D eigenvalue weighted by molar-refractivity contribution is 0.0599. The Morgan fingerprint density at radius 1 is 0.778 bits per heavy atom. The summed E-state index contributed by atoms with van der Waals surface area (Å²) in [5, 5.41) is 0. The molecule has 0 spiro atoms. The van der Waals surface area contributed by atoms with E-state index >= 15 is 0 Å². The third kappa shape index (κ3) is 11.2. The molecule has 0 saturated carbocycles. The minimum absolute atomic E-state index is 0.327. The summed E-state index contributed by atoms with van der Waals surface area (Å²) < 4.78 is 20.5. The molecule has 0 N–H and O–H groups in total. The zero-order valence-corrected chi connectivity index (χ0v) is 16.8. The topological polar surface area (TPSA) is 54.0 Å². The van der Waals surface area contributed by atoms with E-state index < -0.39 is 0 Å². The lowest BCUT2D eigenvalue weighted by atomic mass is 10.1. The lowest BCUT2D eigenvalue weighted by Crippen LogP contribution is -2.01. The Hall–Kier alpha value is -2.17. The molecule has 0 bridgehead atoms. The Kier molecular flexibility index (Phi) is 12.7. The van der Waals surface area contributed by atoms with Gasteiger partial charge in [0.1, 0.15) is 5.75 Å². The van der Waals surface area contributed by atoms with Gasteiger partial charge < -0.3 is 18.9 Å². The van der Waals surface area contributed by atoms with Crippen molar-refractivity contribution in [2.45, 2.75) is 57.8 Å². The van der Waals surface area contributed by atoms with Crippen molar-refractivity contribution in [1.82, 2.24) is 0 Å². The van der Waals surface area contributed by atoms with Crippen LogP contribution >= 0.6 is 0 Å². The average molecular weight is 379 g/mol. The van der Waals surface area contributed by atoms with Gasteiger partial charge in [-0.05, 0) is 43.7 Å². The van der Waals surface area contributed by atoms with E-state index in [0.717, 1.165) is 18.6 Å². The highest BCUT2D eigenvalue weighted by atomic mass is 16.7. The van der Waals surface area contributed by atoms with Crippen LogP contribution in [0, 0.1) is 0 Å². The van der Waals surface area contributed by atoms with Crippen molar-refractivity contribution < 1.29 is 23.7 Å². The molecule has 0 fully saturated rings. The summed E-state index contributed by atoms with van der Waals surface area (Å²) in [4.78, 5) is 11.4. The van der Waals surface area contributed by atoms with Gasteiger partial charge in [-0.25, -0.2) is 4.79 Å². The van der Waals surface area contributed by atoms with E-state index in [1.807, 2.05) is 12.1 Å². The van der Waals surface area contributed by atoms with E-state index in [2.05, 4.69) is 11.3 Å². The van der Waals surface area contributed by atoms with Crippen molar-refractivity contribution in [2.24, 2.45) is 0 Å². The molecule has 5 heteroatoms. The highest BCUT2D eigenvalue weighted by molar-refractivity contribution is 5.89. The van der Waals surface area contributed by atoms with Gasteiger partial charge in [0.05, 0.1) is 33.0 Å². The molecule has 152 valence electrons. The zero-order chi connectivity index (χ0) is 19.7. The monoisotopic (exact) mass is 378 g/mol. The third-order valence-corrected chi connectivity index (χ3v) is 4.32. The molecule has 0 aliphatic rings. The van der Waals surface area contributed by atoms with Crippen LogP contribution in [-0.2, 0) is 14.2 Å². The largest absolute Gasteiger partial charge is 0.494 e. The Labute approximate surface area is 163 Å². The van der Waals surface area contributed by atoms with Crippen LogP contribution in [0.25, 0.3) is 0 Å². The van der Waals surface area contributed by atoms with Crippen LogP contribution in [0.3, 0.4) is 0 Å². The molecule has 0 heterocycles. The zero-order valence-electron chi connectivity index (χ0n) is 16.8. The molecule has 0 aliphatic carbocycles. The van der Waals surface area contributed by atoms with E-state index in [9.17, 15) is 4.79 Å². The number of unbranched alkanes of at least 4 members (excludes halogenated alkanes) is 8. The van der Waals surface area contributed by atoms with Crippen LogP contribution in [0.2, 0.25) is 0 Å². The molecule has 5 nitrogen and oxygen atoms in total. The molecule has 1 aromatic carbocycles. The van der Waals surface area contributed by atoms with Gasteiger partial charge in [0.2, 0.25) is 0 Å². The number of hydrogen-bond donors (Lipinski definition) is 0. The molecule has 0 amide bonds. The number of benzene rings is 1. The summed E-state index contributed by atoms with van der Waals surface area (Å²) in [5.74, 6) is 0.866. The number of rotatable bonds is 16. The lowest BCUT2D eigenvalue weighted by Gasteiger charge is -2.07. The average Bonchev–Trinajstić information content (AvgIpc) is 2.71. The summed E-state index contributed by atoms with van der Waals surface area (Å²) in [6.45, 7) is 5.03. The van der Waals surface area contributed by atoms with E-state index in [0.29, 0.717) is 24.7 Å². The van der Waals surface area contributed by atoms with Crippen LogP contribution in [0.5, 0.6) is 5.75 Å². The molecular formula is C22H34O5. The third-order valence-electron chi connectivity index (χ3n) is 4.32. The number of hydrogen-bond acceptors (Lipinski definition) is 5. The van der Waals surface area contributed by atoms with Crippen LogP contribution in [0.1, 0.15) is 68.1 Å². The van der Waals surface area contributed by atoms with Gasteiger partial charge in [-0.2, -0.15) is 0 Å². The maximum atomic E-state index is 11.4. The highest BCUT2D eigenvalue weighted by Gasteiger charge is 2.04. The van der Waals surface area contributed by atoms with Gasteiger partial charge in [0.15, 0.2) is 0 Å². The number of ether oxygens (including phenoxy) is 4. The van der Waals surface area contributed by atoms with E-state index in [-0.39, 0.29) is 5.97 Å². The Morgan fingerprint density at radius 3 is 1.81 bits per heavy atom. The van der Waals surface area contributed by atoms with Crippen molar-refractivity contribution in [2.75, 3.05) is 27.4 Å². The van der Waals surface area contributed by atoms with Crippen molar-refractivity contribution >= 4 is 5.97 Å². The molecule has 0 radical (unpaired) electrons. The van der Waals surface area contributed by atoms with Gasteiger partial charge in [-0.1, -0.05) is 44.9 Å². The normalized spacial score (nSPS) is 10.3. The second kappa shape index (κ2) is 14.9. The molecule has 0 aromatic heterocycles. The Bertz CT molecular complexity index is 524. The van der Waals surface area contributed by atoms with Crippen molar-refractivity contribution in [3.8, 4) is 5.75 Å². The Morgan fingerprint density at radius 2 is 1.30 bits per heavy atom. The first-order valence-electron chi connectivity index (χ1n) is 9.84. The second-order valence-corrected chi connectivity index (χ2v) is 6.47. The maximum absolute atomic E-state index is 11.4. The Balaban J connectivity index is 1.89. The minimum Gasteiger partial charge on any atom is -0.494 e.